The van der Waals surface area contributed by atoms with Crippen LogP contribution in [0.25, 0.3) is 16.9 Å². The first-order valence-electron chi connectivity index (χ1n) is 5.50. The van der Waals surface area contributed by atoms with Crippen LogP contribution in [0.5, 0.6) is 0 Å². The van der Waals surface area contributed by atoms with Crippen LogP contribution in [0.2, 0.25) is 5.02 Å². The number of fused-ring (bicyclic) bond motifs is 1. The van der Waals surface area contributed by atoms with Gasteiger partial charge in [0.25, 0.3) is 6.43 Å². The van der Waals surface area contributed by atoms with Crippen LogP contribution in [-0.4, -0.2) is 19.6 Å². The summed E-state index contributed by atoms with van der Waals surface area (Å²) >= 11 is 5.94. The van der Waals surface area contributed by atoms with Gasteiger partial charge in [-0.05, 0) is 12.1 Å². The van der Waals surface area contributed by atoms with E-state index in [-0.39, 0.29) is 10.6 Å². The third kappa shape index (κ3) is 2.09. The summed E-state index contributed by atoms with van der Waals surface area (Å²) < 4.78 is 39.8. The zero-order valence-corrected chi connectivity index (χ0v) is 10.5. The molecule has 0 aromatic carbocycles. The van der Waals surface area contributed by atoms with Crippen LogP contribution in [0, 0.1) is 5.95 Å². The maximum atomic E-state index is 13.2. The average Bonchev–Trinajstić information content (AvgIpc) is 2.84. The van der Waals surface area contributed by atoms with Gasteiger partial charge < -0.3 is 0 Å². The van der Waals surface area contributed by atoms with Gasteiger partial charge in [0.15, 0.2) is 5.65 Å². The summed E-state index contributed by atoms with van der Waals surface area (Å²) in [4.78, 5) is 7.43. The van der Waals surface area contributed by atoms with E-state index in [0.717, 1.165) is 12.3 Å². The number of pyridine rings is 1. The maximum Gasteiger partial charge on any atom is 0.282 e. The summed E-state index contributed by atoms with van der Waals surface area (Å²) in [7, 11) is 0. The van der Waals surface area contributed by atoms with Gasteiger partial charge >= 0.3 is 0 Å². The van der Waals surface area contributed by atoms with Crippen molar-refractivity contribution in [1.82, 2.24) is 19.6 Å². The topological polar surface area (TPSA) is 43.1 Å². The van der Waals surface area contributed by atoms with Gasteiger partial charge in [-0.3, -0.25) is 0 Å². The van der Waals surface area contributed by atoms with Crippen molar-refractivity contribution in [2.24, 2.45) is 0 Å². The molecule has 3 heterocycles. The zero-order valence-electron chi connectivity index (χ0n) is 9.76. The van der Waals surface area contributed by atoms with Crippen molar-refractivity contribution >= 4 is 17.2 Å². The van der Waals surface area contributed by atoms with Crippen LogP contribution < -0.4 is 0 Å². The normalized spacial score (nSPS) is 11.4. The zero-order chi connectivity index (χ0) is 14.3. The SMILES string of the molecule is Fc1cc(-c2cnc3ccc(C(F)F)nn23)c(Cl)cn1. The molecule has 0 amide bonds. The molecule has 8 heteroatoms. The van der Waals surface area contributed by atoms with Crippen LogP contribution in [0.3, 0.4) is 0 Å². The van der Waals surface area contributed by atoms with E-state index in [0.29, 0.717) is 11.3 Å². The molecule has 0 saturated heterocycles. The molecule has 3 aromatic rings. The first kappa shape index (κ1) is 12.9. The quantitative estimate of drug-likeness (QED) is 0.680. The Morgan fingerprint density at radius 2 is 1.95 bits per heavy atom. The van der Waals surface area contributed by atoms with Gasteiger partial charge in [0.2, 0.25) is 5.95 Å². The Hall–Kier alpha value is -2.15. The molecule has 0 aliphatic rings. The van der Waals surface area contributed by atoms with Gasteiger partial charge in [-0.25, -0.2) is 23.3 Å². The number of hydrogen-bond donors (Lipinski definition) is 0. The summed E-state index contributed by atoms with van der Waals surface area (Å²) in [5, 5.41) is 3.96. The first-order valence-corrected chi connectivity index (χ1v) is 5.88. The van der Waals surface area contributed by atoms with Crippen molar-refractivity contribution in [2.75, 3.05) is 0 Å². The molecular weight excluding hydrogens is 293 g/mol. The lowest BCUT2D eigenvalue weighted by Crippen LogP contribution is -2.00. The second-order valence-electron chi connectivity index (χ2n) is 3.96. The molecule has 0 N–H and O–H groups in total. The summed E-state index contributed by atoms with van der Waals surface area (Å²) in [6.45, 7) is 0. The standard InChI is InChI=1S/C12H6ClF3N4/c13-7-4-17-10(14)3-6(7)9-5-18-11-2-1-8(12(15)16)19-20(9)11/h1-5,12H. The minimum absolute atomic E-state index is 0.178. The van der Waals surface area contributed by atoms with E-state index in [2.05, 4.69) is 15.1 Å². The van der Waals surface area contributed by atoms with E-state index in [9.17, 15) is 13.2 Å². The minimum atomic E-state index is -2.71. The van der Waals surface area contributed by atoms with E-state index in [4.69, 9.17) is 11.6 Å². The Balaban J connectivity index is 2.25. The molecule has 0 fully saturated rings. The molecule has 3 rings (SSSR count). The minimum Gasteiger partial charge on any atom is -0.235 e. The highest BCUT2D eigenvalue weighted by Gasteiger charge is 2.15. The molecule has 0 spiro atoms. The maximum absolute atomic E-state index is 13.2. The van der Waals surface area contributed by atoms with E-state index < -0.39 is 18.1 Å². The van der Waals surface area contributed by atoms with Crippen molar-refractivity contribution in [3.8, 4) is 11.3 Å². The monoisotopic (exact) mass is 298 g/mol. The molecule has 0 bridgehead atoms. The van der Waals surface area contributed by atoms with Crippen molar-refractivity contribution in [1.29, 1.82) is 0 Å². The van der Waals surface area contributed by atoms with Crippen molar-refractivity contribution in [2.45, 2.75) is 6.43 Å². The van der Waals surface area contributed by atoms with Crippen LogP contribution in [0.15, 0.2) is 30.6 Å². The Kier molecular flexibility index (Phi) is 3.06. The predicted molar refractivity (Wildman–Crippen MR) is 66.1 cm³/mol. The fourth-order valence-corrected chi connectivity index (χ4v) is 2.00. The number of aromatic nitrogens is 4. The van der Waals surface area contributed by atoms with Gasteiger partial charge in [-0.1, -0.05) is 11.6 Å². The summed E-state index contributed by atoms with van der Waals surface area (Å²) in [6.07, 6.45) is -0.180. The summed E-state index contributed by atoms with van der Waals surface area (Å²) in [6, 6.07) is 3.69. The van der Waals surface area contributed by atoms with E-state index in [1.165, 1.54) is 22.8 Å². The van der Waals surface area contributed by atoms with E-state index >= 15 is 0 Å². The van der Waals surface area contributed by atoms with Crippen LogP contribution in [0.1, 0.15) is 12.1 Å². The van der Waals surface area contributed by atoms with Crippen molar-refractivity contribution in [3.63, 3.8) is 0 Å². The fraction of sp³-hybridized carbons (Fsp3) is 0.0833. The van der Waals surface area contributed by atoms with Gasteiger partial charge in [-0.2, -0.15) is 9.49 Å². The Labute approximate surface area is 115 Å². The molecule has 20 heavy (non-hydrogen) atoms. The predicted octanol–water partition coefficient (Wildman–Crippen LogP) is 3.52. The Morgan fingerprint density at radius 1 is 1.15 bits per heavy atom. The number of nitrogens with zero attached hydrogens (tertiary/aromatic N) is 4. The van der Waals surface area contributed by atoms with Crippen LogP contribution >= 0.6 is 11.6 Å². The smallest absolute Gasteiger partial charge is 0.235 e. The van der Waals surface area contributed by atoms with Gasteiger partial charge in [0.1, 0.15) is 5.69 Å². The molecular formula is C12H6ClF3N4. The van der Waals surface area contributed by atoms with Crippen LogP contribution in [-0.2, 0) is 0 Å². The fourth-order valence-electron chi connectivity index (χ4n) is 1.80. The number of alkyl halides is 2. The lowest BCUT2D eigenvalue weighted by atomic mass is 10.2. The van der Waals surface area contributed by atoms with Gasteiger partial charge in [0.05, 0.1) is 16.9 Å². The number of rotatable bonds is 2. The van der Waals surface area contributed by atoms with Crippen molar-refractivity contribution < 1.29 is 13.2 Å². The lowest BCUT2D eigenvalue weighted by Gasteiger charge is -2.05. The first-order chi connectivity index (χ1) is 9.56. The molecule has 0 unspecified atom stereocenters. The van der Waals surface area contributed by atoms with Crippen LogP contribution in [0.4, 0.5) is 13.2 Å². The number of halogens is 4. The highest BCUT2D eigenvalue weighted by molar-refractivity contribution is 6.33. The largest absolute Gasteiger partial charge is 0.282 e. The summed E-state index contributed by atoms with van der Waals surface area (Å²) in [5.41, 5.74) is 0.555. The van der Waals surface area contributed by atoms with Gasteiger partial charge in [-0.15, -0.1) is 0 Å². The average molecular weight is 299 g/mol. The summed E-state index contributed by atoms with van der Waals surface area (Å²) in [5.74, 6) is -0.732. The number of imidazole rings is 1. The lowest BCUT2D eigenvalue weighted by molar-refractivity contribution is 0.144. The second-order valence-corrected chi connectivity index (χ2v) is 4.37. The number of hydrogen-bond acceptors (Lipinski definition) is 3. The van der Waals surface area contributed by atoms with E-state index in [1.54, 1.807) is 0 Å². The molecule has 0 aliphatic carbocycles. The molecule has 0 aliphatic heterocycles. The third-order valence-corrected chi connectivity index (χ3v) is 3.01. The molecule has 0 atom stereocenters. The highest BCUT2D eigenvalue weighted by atomic mass is 35.5. The Bertz CT molecular complexity index is 787. The second kappa shape index (κ2) is 4.75. The van der Waals surface area contributed by atoms with E-state index in [1.807, 2.05) is 0 Å². The molecule has 3 aromatic heterocycles. The Morgan fingerprint density at radius 3 is 2.70 bits per heavy atom. The van der Waals surface area contributed by atoms with Gasteiger partial charge in [0, 0.05) is 17.8 Å². The molecule has 0 saturated carbocycles. The molecule has 4 nitrogen and oxygen atoms in total. The molecule has 102 valence electrons. The third-order valence-electron chi connectivity index (χ3n) is 2.70. The molecule has 0 radical (unpaired) electrons. The highest BCUT2D eigenvalue weighted by Crippen LogP contribution is 2.28. The van der Waals surface area contributed by atoms with Crippen molar-refractivity contribution in [3.05, 3.63) is 47.3 Å².